The Balaban J connectivity index is 0.000000142. The molecule has 0 aliphatic carbocycles. The number of nitrogens with zero attached hydrogens (tertiary/aromatic N) is 12. The molecule has 12 aromatic rings. The zero-order chi connectivity index (χ0) is 79.7. The highest BCUT2D eigenvalue weighted by atomic mass is 127. The third-order valence-electron chi connectivity index (χ3n) is 19.0. The molecule has 5 aliphatic heterocycles. The van der Waals surface area contributed by atoms with Gasteiger partial charge in [0.1, 0.15) is 17.1 Å². The highest BCUT2D eigenvalue weighted by Crippen LogP contribution is 2.39. The molecule has 5 aliphatic rings. The fourth-order valence-corrected chi connectivity index (χ4v) is 15.1. The van der Waals surface area contributed by atoms with Crippen molar-refractivity contribution in [2.45, 2.75) is 109 Å². The number of aromatic nitrogens is 9. The third-order valence-corrected chi connectivity index (χ3v) is 25.6. The number of hydrogen-bond acceptors (Lipinski definition) is 30. The van der Waals surface area contributed by atoms with Crippen LogP contribution in [0.2, 0.25) is 0 Å². The summed E-state index contributed by atoms with van der Waals surface area (Å²) in [5.74, 6) is 2.54. The molecule has 582 valence electrons. The van der Waals surface area contributed by atoms with Crippen LogP contribution in [0.15, 0.2) is 221 Å². The van der Waals surface area contributed by atoms with Gasteiger partial charge in [-0.05, 0) is 134 Å². The average molecular weight is 1710 g/mol. The van der Waals surface area contributed by atoms with Crippen molar-refractivity contribution in [1.82, 2.24) is 50.7 Å². The summed E-state index contributed by atoms with van der Waals surface area (Å²) >= 11 is 0. The van der Waals surface area contributed by atoms with Crippen molar-refractivity contribution in [2.24, 2.45) is 9.98 Å². The smallest absolute Gasteiger partial charge is 0.474 e. The second-order valence-electron chi connectivity index (χ2n) is 27.9. The standard InChI is InChI=1S/C28H32N6O3S.C24H18B2N5O7S.C24H20B2N5O5S.HI/c1-18(2)38(35,36)23-12-8-20(9-13-23)25-17-32-28(29)27(33-25)26-15-24(34-37-26)19-6-10-21(11-7-19)31-16-22-5-3-4-14-30-22;1-13(2)39(34,35)17-9-5-15(6-10-17)19-12-27-22(29-24-26(37-24)23-25-36-23)21(28-19)20-11-18(30-38-20)14-3-7-16(8-4-14)31(32)33;1-13(2)37(32,33)17-9-5-15(6-10-17)19-12-28-22(30-24-26(35-24)23-25-34-23)21(29-19)20-11-18(31-36-20)14-3-7-16(27)8-4-14;/h6-13,15,17-18,22,30-31H,3-5,14,16H2,1-2H3,(H2,29,32);3-13,23H,1-2H3;3-13,23H,27H2,1-2H3;1H/p-1. The lowest BCUT2D eigenvalue weighted by molar-refractivity contribution is -0.384. The van der Waals surface area contributed by atoms with Crippen LogP contribution in [-0.2, 0) is 48.1 Å². The maximum absolute atomic E-state index is 12.5. The largest absolute Gasteiger partial charge is 1.00 e. The monoisotopic (exact) mass is 1710 g/mol. The fraction of sp³-hybridized carbons (Fsp3) is 0.224. The number of nitrogen functional groups attached to an aromatic ring is 2. The molecule has 0 spiro atoms. The van der Waals surface area contributed by atoms with Crippen molar-refractivity contribution in [1.29, 1.82) is 0 Å². The van der Waals surface area contributed by atoms with Crippen LogP contribution in [0.25, 0.3) is 102 Å². The van der Waals surface area contributed by atoms with E-state index in [9.17, 15) is 35.4 Å². The van der Waals surface area contributed by atoms with E-state index in [1.807, 2.05) is 36.4 Å². The Morgan fingerprint density at radius 1 is 0.513 bits per heavy atom. The van der Waals surface area contributed by atoms with E-state index in [2.05, 4.69) is 56.0 Å². The Morgan fingerprint density at radius 3 is 1.24 bits per heavy atom. The lowest BCUT2D eigenvalue weighted by Crippen LogP contribution is -3.00. The van der Waals surface area contributed by atoms with Gasteiger partial charge < -0.3 is 78.3 Å². The normalized spacial score (nSPS) is 16.8. The molecular weight excluding hydrogens is 1640 g/mol. The van der Waals surface area contributed by atoms with Gasteiger partial charge in [-0.2, -0.15) is 0 Å². The summed E-state index contributed by atoms with van der Waals surface area (Å²) in [5.41, 5.74) is 22.2. The molecular formula is C76H70B4IN16O15S3-. The molecule has 6 N–H and O–H groups in total. The van der Waals surface area contributed by atoms with Gasteiger partial charge in [-0.1, -0.05) is 82.6 Å². The van der Waals surface area contributed by atoms with Crippen LogP contribution in [0.4, 0.5) is 34.5 Å². The number of anilines is 3. The van der Waals surface area contributed by atoms with Gasteiger partial charge >= 0.3 is 28.8 Å². The molecule has 39 heteroatoms. The Kier molecular flexibility index (Phi) is 23.5. The topological polar surface area (TPSA) is 452 Å². The number of non-ortho nitro benzene ring substituents is 1. The maximum atomic E-state index is 12.5. The minimum absolute atomic E-state index is 0. The summed E-state index contributed by atoms with van der Waals surface area (Å²) in [6.07, 6.45) is 8.38. The van der Waals surface area contributed by atoms with E-state index in [0.717, 1.165) is 29.9 Å². The number of piperidine rings is 1. The molecule has 6 aromatic carbocycles. The average Bonchev–Trinajstić information content (AvgIpc) is 1.64. The van der Waals surface area contributed by atoms with Crippen LogP contribution in [-0.4, -0.2) is 163 Å². The first-order valence-electron chi connectivity index (χ1n) is 36.3. The van der Waals surface area contributed by atoms with Crippen molar-refractivity contribution in [2.75, 3.05) is 29.9 Å². The number of halogens is 1. The first-order valence-corrected chi connectivity index (χ1v) is 40.9. The lowest BCUT2D eigenvalue weighted by atomic mass is 9.65. The van der Waals surface area contributed by atoms with Gasteiger partial charge in [0.2, 0.25) is 0 Å². The molecule has 5 saturated heterocycles. The van der Waals surface area contributed by atoms with Gasteiger partial charge in [0, 0.05) is 87.7 Å². The minimum atomic E-state index is -3.42. The lowest BCUT2D eigenvalue weighted by Gasteiger charge is -2.24. The number of nitro benzene ring substituents is 1. The van der Waals surface area contributed by atoms with Crippen molar-refractivity contribution in [3.8, 4) is 102 Å². The van der Waals surface area contributed by atoms with Crippen LogP contribution in [0.1, 0.15) is 60.8 Å². The second kappa shape index (κ2) is 33.6. The molecule has 3 unspecified atom stereocenters. The number of nitrogens with two attached hydrogens (primary N) is 2. The zero-order valence-electron chi connectivity index (χ0n) is 62.4. The van der Waals surface area contributed by atoms with E-state index in [-0.39, 0.29) is 93.1 Å². The van der Waals surface area contributed by atoms with E-state index in [0.29, 0.717) is 108 Å². The van der Waals surface area contributed by atoms with Crippen molar-refractivity contribution in [3.05, 3.63) is 192 Å². The SMILES string of the molecule is CC(C)S(=O)(=O)c1ccc(-c2cnc(N)c(-c3cc(-c4ccc(NCC5CCCCN5)cc4)no3)n2)cc1.CC(C)S(=O)(=O)c1ccc(-c2cnc(N=C3OB3C3[B]O3)c(-c3cc(-c4ccc(N)cc4)no3)n2)cc1.CC(C)S(=O)(=O)c1ccc(-c2cnc(N=C3OB3C3[B]O3)c(-c3cc(-c4ccc([N+](=O)[O-])cc4)no3)n2)cc1.[I-]. The molecule has 3 atom stereocenters. The summed E-state index contributed by atoms with van der Waals surface area (Å²) in [5, 5.41) is 29.0. The van der Waals surface area contributed by atoms with Gasteiger partial charge in [0.15, 0.2) is 92.9 Å². The van der Waals surface area contributed by atoms with E-state index in [1.54, 1.807) is 172 Å². The number of nitrogens with one attached hydrogen (secondary N) is 2. The van der Waals surface area contributed by atoms with Crippen LogP contribution < -0.4 is 46.1 Å². The van der Waals surface area contributed by atoms with E-state index < -0.39 is 50.2 Å². The minimum Gasteiger partial charge on any atom is -1.00 e. The van der Waals surface area contributed by atoms with Crippen LogP contribution in [0.5, 0.6) is 0 Å². The molecule has 0 amide bonds. The molecule has 11 heterocycles. The summed E-state index contributed by atoms with van der Waals surface area (Å²) in [6, 6.07) is 46.5. The summed E-state index contributed by atoms with van der Waals surface area (Å²) < 4.78 is 113. The van der Waals surface area contributed by atoms with Crippen molar-refractivity contribution in [3.63, 3.8) is 0 Å². The molecule has 0 saturated carbocycles. The van der Waals surface area contributed by atoms with Gasteiger partial charge in [0.25, 0.3) is 5.69 Å². The number of hydrogen-bond donors (Lipinski definition) is 4. The molecule has 0 bridgehead atoms. The Hall–Kier alpha value is -11.4. The first kappa shape index (κ1) is 80.3. The van der Waals surface area contributed by atoms with E-state index >= 15 is 0 Å². The second-order valence-corrected chi connectivity index (χ2v) is 35.4. The van der Waals surface area contributed by atoms with Gasteiger partial charge in [-0.15, -0.1) is 0 Å². The molecule has 31 nitrogen and oxygen atoms in total. The molecule has 17 rings (SSSR count). The molecule has 5 fully saturated rings. The van der Waals surface area contributed by atoms with Gasteiger partial charge in [-0.25, -0.2) is 65.1 Å². The quantitative estimate of drug-likeness (QED) is 0.0116. The third kappa shape index (κ3) is 18.4. The summed E-state index contributed by atoms with van der Waals surface area (Å²) in [7, 11) is -6.83. The van der Waals surface area contributed by atoms with Crippen LogP contribution in [0, 0.1) is 10.1 Å². The Morgan fingerprint density at radius 2 is 0.870 bits per heavy atom. The molecule has 115 heavy (non-hydrogen) atoms. The summed E-state index contributed by atoms with van der Waals surface area (Å²) in [4.78, 5) is 47.6. The number of benzene rings is 6. The van der Waals surface area contributed by atoms with Gasteiger partial charge in [-0.3, -0.25) is 10.1 Å². The van der Waals surface area contributed by atoms with E-state index in [1.165, 1.54) is 49.7 Å². The highest BCUT2D eigenvalue weighted by Gasteiger charge is 2.58. The number of nitro groups is 1. The molecule has 6 aromatic heterocycles. The van der Waals surface area contributed by atoms with Crippen molar-refractivity contribution >= 4 is 104 Å². The maximum Gasteiger partial charge on any atom is 0.474 e. The number of aliphatic imine (C=N–C) groups is 2. The number of rotatable bonds is 23. The van der Waals surface area contributed by atoms with Crippen LogP contribution >= 0.6 is 0 Å². The Bertz CT molecular complexity index is 6000. The predicted molar refractivity (Wildman–Crippen MR) is 431 cm³/mol. The summed E-state index contributed by atoms with van der Waals surface area (Å²) in [6.45, 7) is 11.4. The van der Waals surface area contributed by atoms with Gasteiger partial charge in [0.05, 0.1) is 82.8 Å². The fourth-order valence-electron chi connectivity index (χ4n) is 12.0. The Labute approximate surface area is 680 Å². The van der Waals surface area contributed by atoms with Crippen LogP contribution in [0.3, 0.4) is 0 Å². The zero-order valence-corrected chi connectivity index (χ0v) is 67.0. The predicted octanol–water partition coefficient (Wildman–Crippen LogP) is 8.78. The molecule has 2 radical (unpaired) electrons. The van der Waals surface area contributed by atoms with E-state index in [4.69, 9.17) is 53.6 Å². The highest BCUT2D eigenvalue weighted by molar-refractivity contribution is 7.92. The first-order chi connectivity index (χ1) is 54.8. The van der Waals surface area contributed by atoms with Crippen molar-refractivity contribution < 1.29 is 86.3 Å². The number of sulfone groups is 3.